The maximum Gasteiger partial charge on any atom is 0.230 e. The highest BCUT2D eigenvalue weighted by Crippen LogP contribution is 2.43. The number of anilines is 2. The van der Waals surface area contributed by atoms with Crippen LogP contribution in [0.3, 0.4) is 0 Å². The van der Waals surface area contributed by atoms with Crippen molar-refractivity contribution >= 4 is 50.4 Å². The lowest BCUT2D eigenvalue weighted by Gasteiger charge is -2.25. The molecule has 1 aliphatic rings. The SMILES string of the molecule is [C-]#[N+]c1cccc(CC(=O)Nc2nnc([C@H]3CCC[C@H](c4nnc(NC(=O)Cc5cccc(C#N)c5)s4)C3)s2)c1. The minimum absolute atomic E-state index is 0.152. The zero-order valence-electron chi connectivity index (χ0n) is 21.3. The Morgan fingerprint density at radius 1 is 0.900 bits per heavy atom. The molecule has 1 saturated carbocycles. The minimum Gasteiger partial charge on any atom is -0.300 e. The zero-order chi connectivity index (χ0) is 27.9. The van der Waals surface area contributed by atoms with Crippen molar-refractivity contribution < 1.29 is 9.59 Å². The van der Waals surface area contributed by atoms with E-state index in [0.717, 1.165) is 46.8 Å². The summed E-state index contributed by atoms with van der Waals surface area (Å²) in [6.07, 6.45) is 4.12. The minimum atomic E-state index is -0.207. The molecule has 0 radical (unpaired) electrons. The molecule has 2 aromatic carbocycles. The van der Waals surface area contributed by atoms with Crippen LogP contribution in [-0.2, 0) is 22.4 Å². The van der Waals surface area contributed by atoms with Crippen LogP contribution in [-0.4, -0.2) is 32.2 Å². The second-order valence-electron chi connectivity index (χ2n) is 9.50. The van der Waals surface area contributed by atoms with Gasteiger partial charge < -0.3 is 10.6 Å². The molecule has 200 valence electrons. The van der Waals surface area contributed by atoms with Gasteiger partial charge in [0.05, 0.1) is 31.0 Å². The Morgan fingerprint density at radius 3 is 2.05 bits per heavy atom. The molecule has 2 heterocycles. The summed E-state index contributed by atoms with van der Waals surface area (Å²) in [6, 6.07) is 16.1. The third kappa shape index (κ3) is 6.91. The Hall–Kier alpha value is -4.52. The van der Waals surface area contributed by atoms with E-state index in [9.17, 15) is 9.59 Å². The summed E-state index contributed by atoms with van der Waals surface area (Å²) in [5.74, 6) is -0.00752. The average Bonchev–Trinajstić information content (AvgIpc) is 3.63. The third-order valence-electron chi connectivity index (χ3n) is 6.57. The topological polar surface area (TPSA) is 138 Å². The number of nitrogens with one attached hydrogen (secondary N) is 2. The van der Waals surface area contributed by atoms with Gasteiger partial charge in [-0.25, -0.2) is 4.85 Å². The first-order valence-electron chi connectivity index (χ1n) is 12.7. The first-order chi connectivity index (χ1) is 19.5. The smallest absolute Gasteiger partial charge is 0.230 e. The molecular formula is C28H24N8O2S2. The van der Waals surface area contributed by atoms with Crippen molar-refractivity contribution in [1.82, 2.24) is 20.4 Å². The van der Waals surface area contributed by atoms with Crippen LogP contribution < -0.4 is 10.6 Å². The summed E-state index contributed by atoms with van der Waals surface area (Å²) in [5, 5.41) is 34.5. The van der Waals surface area contributed by atoms with Gasteiger partial charge in [-0.3, -0.25) is 9.59 Å². The van der Waals surface area contributed by atoms with Crippen molar-refractivity contribution in [3.63, 3.8) is 0 Å². The molecule has 0 unspecified atom stereocenters. The van der Waals surface area contributed by atoms with Crippen LogP contribution in [0.4, 0.5) is 16.0 Å². The summed E-state index contributed by atoms with van der Waals surface area (Å²) < 4.78 is 0. The molecule has 10 nitrogen and oxygen atoms in total. The normalized spacial score (nSPS) is 16.4. The molecule has 0 aliphatic heterocycles. The summed E-state index contributed by atoms with van der Waals surface area (Å²) in [5.41, 5.74) is 2.55. The number of benzene rings is 2. The fourth-order valence-corrected chi connectivity index (χ4v) is 6.54. The van der Waals surface area contributed by atoms with Gasteiger partial charge in [0.25, 0.3) is 0 Å². The fraction of sp³-hybridized carbons (Fsp3) is 0.286. The van der Waals surface area contributed by atoms with Crippen molar-refractivity contribution in [3.8, 4) is 6.07 Å². The van der Waals surface area contributed by atoms with Crippen LogP contribution in [0.5, 0.6) is 0 Å². The predicted octanol–water partition coefficient (Wildman–Crippen LogP) is 5.62. The number of amides is 2. The largest absolute Gasteiger partial charge is 0.300 e. The quantitative estimate of drug-likeness (QED) is 0.263. The van der Waals surface area contributed by atoms with Crippen molar-refractivity contribution in [1.29, 1.82) is 5.26 Å². The van der Waals surface area contributed by atoms with Crippen LogP contribution in [0.15, 0.2) is 48.5 Å². The molecule has 2 amide bonds. The van der Waals surface area contributed by atoms with E-state index in [1.165, 1.54) is 22.7 Å². The average molecular weight is 569 g/mol. The summed E-state index contributed by atoms with van der Waals surface area (Å²) in [7, 11) is 0. The zero-order valence-corrected chi connectivity index (χ0v) is 23.0. The molecule has 1 aliphatic carbocycles. The highest BCUT2D eigenvalue weighted by molar-refractivity contribution is 7.15. The molecule has 5 rings (SSSR count). The summed E-state index contributed by atoms with van der Waals surface area (Å²) in [6.45, 7) is 7.13. The van der Waals surface area contributed by atoms with E-state index in [4.69, 9.17) is 11.8 Å². The Labute approximate surface area is 238 Å². The third-order valence-corrected chi connectivity index (χ3v) is 8.57. The van der Waals surface area contributed by atoms with Crippen molar-refractivity contribution in [2.24, 2.45) is 0 Å². The summed E-state index contributed by atoms with van der Waals surface area (Å²) in [4.78, 5) is 28.4. The Balaban J connectivity index is 1.15. The molecule has 4 aromatic rings. The molecule has 0 bridgehead atoms. The molecule has 12 heteroatoms. The Morgan fingerprint density at radius 2 is 1.48 bits per heavy atom. The van der Waals surface area contributed by atoms with E-state index in [1.54, 1.807) is 36.4 Å². The number of nitrogens with zero attached hydrogens (tertiary/aromatic N) is 6. The lowest BCUT2D eigenvalue weighted by atomic mass is 9.82. The van der Waals surface area contributed by atoms with E-state index in [1.807, 2.05) is 12.1 Å². The Bertz CT molecular complexity index is 1500. The van der Waals surface area contributed by atoms with Gasteiger partial charge >= 0.3 is 0 Å². The molecule has 0 spiro atoms. The van der Waals surface area contributed by atoms with Gasteiger partial charge in [-0.1, -0.05) is 65.5 Å². The Kier molecular flexibility index (Phi) is 8.50. The highest BCUT2D eigenvalue weighted by atomic mass is 32.1. The van der Waals surface area contributed by atoms with Crippen LogP contribution in [0.25, 0.3) is 4.85 Å². The van der Waals surface area contributed by atoms with Gasteiger partial charge in [0, 0.05) is 11.8 Å². The van der Waals surface area contributed by atoms with Gasteiger partial charge in [0.1, 0.15) is 10.0 Å². The van der Waals surface area contributed by atoms with Crippen molar-refractivity contribution in [3.05, 3.63) is 86.7 Å². The van der Waals surface area contributed by atoms with Gasteiger partial charge in [0.2, 0.25) is 22.1 Å². The number of carbonyl (C=O) groups excluding carboxylic acids is 2. The number of aromatic nitrogens is 4. The van der Waals surface area contributed by atoms with E-state index in [0.29, 0.717) is 21.5 Å². The van der Waals surface area contributed by atoms with Crippen LogP contribution in [0.1, 0.15) is 64.2 Å². The number of nitriles is 1. The van der Waals surface area contributed by atoms with Crippen molar-refractivity contribution in [2.75, 3.05) is 10.6 Å². The molecule has 2 N–H and O–H groups in total. The van der Waals surface area contributed by atoms with E-state index < -0.39 is 0 Å². The van der Waals surface area contributed by atoms with Gasteiger partial charge in [-0.2, -0.15) is 5.26 Å². The molecule has 2 aromatic heterocycles. The maximum atomic E-state index is 12.5. The van der Waals surface area contributed by atoms with E-state index in [2.05, 4.69) is 41.9 Å². The predicted molar refractivity (Wildman–Crippen MR) is 152 cm³/mol. The molecule has 40 heavy (non-hydrogen) atoms. The second kappa shape index (κ2) is 12.6. The molecular weight excluding hydrogens is 544 g/mol. The first-order valence-corrected chi connectivity index (χ1v) is 14.3. The van der Waals surface area contributed by atoms with Gasteiger partial charge in [-0.15, -0.1) is 20.4 Å². The fourth-order valence-electron chi connectivity index (χ4n) is 4.72. The second-order valence-corrected chi connectivity index (χ2v) is 11.5. The monoisotopic (exact) mass is 568 g/mol. The molecule has 1 fully saturated rings. The number of carbonyl (C=O) groups is 2. The number of rotatable bonds is 8. The van der Waals surface area contributed by atoms with E-state index >= 15 is 0 Å². The molecule has 2 atom stereocenters. The first kappa shape index (κ1) is 27.1. The molecule has 0 saturated heterocycles. The maximum absolute atomic E-state index is 12.5. The van der Waals surface area contributed by atoms with E-state index in [-0.39, 0.29) is 36.5 Å². The number of hydrogen-bond acceptors (Lipinski definition) is 9. The lowest BCUT2D eigenvalue weighted by molar-refractivity contribution is -0.116. The van der Waals surface area contributed by atoms with Gasteiger partial charge in [0.15, 0.2) is 5.69 Å². The number of hydrogen-bond donors (Lipinski definition) is 2. The van der Waals surface area contributed by atoms with Gasteiger partial charge in [-0.05, 0) is 42.5 Å². The lowest BCUT2D eigenvalue weighted by Crippen LogP contribution is -2.14. The van der Waals surface area contributed by atoms with Crippen molar-refractivity contribution in [2.45, 2.75) is 50.4 Å². The van der Waals surface area contributed by atoms with Crippen LogP contribution in [0.2, 0.25) is 0 Å². The van der Waals surface area contributed by atoms with Crippen LogP contribution >= 0.6 is 22.7 Å². The summed E-state index contributed by atoms with van der Waals surface area (Å²) >= 11 is 2.77. The highest BCUT2D eigenvalue weighted by Gasteiger charge is 2.29. The standard InChI is InChI=1S/C28H24N8O2S2/c1-30-22-10-3-6-18(12-22)14-24(38)32-28-36-34-26(40-28)21-9-4-8-20(15-21)25-33-35-27(39-25)31-23(37)13-17-5-2-7-19(11-17)16-29/h2-3,5-7,10-12,20-21H,4,8-9,13-15H2,(H,31,35,37)(H,32,36,38)/t20-,21-/m0/s1. The van der Waals surface area contributed by atoms with Crippen LogP contribution in [0, 0.1) is 17.9 Å².